The van der Waals surface area contributed by atoms with Crippen LogP contribution in [0.3, 0.4) is 0 Å². The van der Waals surface area contributed by atoms with E-state index in [1.54, 1.807) is 0 Å². The first kappa shape index (κ1) is 16.8. The minimum absolute atomic E-state index is 0.0410. The van der Waals surface area contributed by atoms with Gasteiger partial charge in [0.1, 0.15) is 0 Å². The van der Waals surface area contributed by atoms with Gasteiger partial charge in [-0.1, -0.05) is 6.92 Å². The zero-order valence-electron chi connectivity index (χ0n) is 11.4. The second kappa shape index (κ2) is 6.97. The van der Waals surface area contributed by atoms with Crippen molar-refractivity contribution in [2.24, 2.45) is 5.92 Å². The van der Waals surface area contributed by atoms with E-state index in [1.165, 1.54) is 12.1 Å². The van der Waals surface area contributed by atoms with E-state index in [0.29, 0.717) is 18.7 Å². The predicted molar refractivity (Wildman–Crippen MR) is 70.7 cm³/mol. The summed E-state index contributed by atoms with van der Waals surface area (Å²) in [6, 6.07) is 4.80. The average Bonchev–Trinajstić information content (AvgIpc) is 2.41. The van der Waals surface area contributed by atoms with Crippen molar-refractivity contribution < 1.29 is 23.1 Å². The molecule has 0 bridgehead atoms. The molecule has 0 saturated carbocycles. The van der Waals surface area contributed by atoms with Crippen LogP contribution in [-0.2, 0) is 11.0 Å². The van der Waals surface area contributed by atoms with E-state index in [4.69, 9.17) is 10.4 Å². The maximum Gasteiger partial charge on any atom is 0.417 e. The summed E-state index contributed by atoms with van der Waals surface area (Å²) in [5, 5.41) is 20.3. The van der Waals surface area contributed by atoms with Crippen molar-refractivity contribution in [1.82, 2.24) is 0 Å². The molecule has 4 nitrogen and oxygen atoms in total. The number of halogens is 3. The van der Waals surface area contributed by atoms with Gasteiger partial charge in [0.2, 0.25) is 0 Å². The molecule has 0 radical (unpaired) electrons. The number of hydrogen-bond donors (Lipinski definition) is 2. The molecule has 1 aromatic rings. The highest BCUT2D eigenvalue weighted by atomic mass is 19.4. The van der Waals surface area contributed by atoms with E-state index in [1.807, 2.05) is 6.92 Å². The van der Waals surface area contributed by atoms with E-state index < -0.39 is 23.3 Å². The van der Waals surface area contributed by atoms with Crippen LogP contribution in [-0.4, -0.2) is 17.6 Å². The molecule has 21 heavy (non-hydrogen) atoms. The van der Waals surface area contributed by atoms with Crippen molar-refractivity contribution in [2.75, 3.05) is 11.9 Å². The average molecular weight is 300 g/mol. The molecule has 0 spiro atoms. The molecule has 2 N–H and O–H groups in total. The standard InChI is InChI=1S/C14H15F3N2O2/c1-9(2-5-13(20)21)8-19-11-3-4-12(14(15,16)17)10(6-11)7-18/h3-4,6,9,19H,2,5,8H2,1H3,(H,20,21). The molecule has 1 aromatic carbocycles. The number of alkyl halides is 3. The van der Waals surface area contributed by atoms with Crippen molar-refractivity contribution >= 4 is 11.7 Å². The van der Waals surface area contributed by atoms with Gasteiger partial charge >= 0.3 is 12.1 Å². The van der Waals surface area contributed by atoms with E-state index in [2.05, 4.69) is 5.32 Å². The normalized spacial score (nSPS) is 12.5. The summed E-state index contributed by atoms with van der Waals surface area (Å²) in [5.74, 6) is -0.836. The molecule has 114 valence electrons. The van der Waals surface area contributed by atoms with Crippen LogP contribution in [0.2, 0.25) is 0 Å². The molecule has 0 saturated heterocycles. The molecule has 0 aliphatic carbocycles. The summed E-state index contributed by atoms with van der Waals surface area (Å²) < 4.78 is 37.9. The molecule has 1 atom stereocenters. The Hall–Kier alpha value is -2.23. The number of hydrogen-bond acceptors (Lipinski definition) is 3. The summed E-state index contributed by atoms with van der Waals surface area (Å²) in [6.07, 6.45) is -4.05. The Labute approximate surface area is 120 Å². The van der Waals surface area contributed by atoms with Gasteiger partial charge in [0, 0.05) is 18.7 Å². The first-order valence-electron chi connectivity index (χ1n) is 6.31. The van der Waals surface area contributed by atoms with Crippen LogP contribution >= 0.6 is 0 Å². The number of carbonyl (C=O) groups is 1. The van der Waals surface area contributed by atoms with Crippen LogP contribution in [0, 0.1) is 17.2 Å². The molecule has 0 amide bonds. The largest absolute Gasteiger partial charge is 0.481 e. The molecule has 7 heteroatoms. The van der Waals surface area contributed by atoms with Crippen LogP contribution in [0.1, 0.15) is 30.9 Å². The van der Waals surface area contributed by atoms with Crippen molar-refractivity contribution in [3.63, 3.8) is 0 Å². The zero-order chi connectivity index (χ0) is 16.0. The van der Waals surface area contributed by atoms with Gasteiger partial charge < -0.3 is 10.4 Å². The third-order valence-corrected chi connectivity index (χ3v) is 2.95. The van der Waals surface area contributed by atoms with Gasteiger partial charge in [0.15, 0.2) is 0 Å². The molecule has 0 fully saturated rings. The van der Waals surface area contributed by atoms with Crippen molar-refractivity contribution in [3.8, 4) is 6.07 Å². The van der Waals surface area contributed by atoms with Crippen molar-refractivity contribution in [2.45, 2.75) is 25.9 Å². The number of anilines is 1. The fourth-order valence-electron chi connectivity index (χ4n) is 1.76. The number of aliphatic carboxylic acids is 1. The maximum atomic E-state index is 12.6. The van der Waals surface area contributed by atoms with Gasteiger partial charge in [0.05, 0.1) is 17.2 Å². The molecular weight excluding hydrogens is 285 g/mol. The summed E-state index contributed by atoms with van der Waals surface area (Å²) in [4.78, 5) is 10.4. The fourth-order valence-corrected chi connectivity index (χ4v) is 1.76. The highest BCUT2D eigenvalue weighted by Crippen LogP contribution is 2.33. The Kier molecular flexibility index (Phi) is 5.59. The fraction of sp³-hybridized carbons (Fsp3) is 0.429. The number of nitriles is 1. The van der Waals surface area contributed by atoms with Crippen LogP contribution in [0.4, 0.5) is 18.9 Å². The first-order chi connectivity index (χ1) is 9.74. The monoisotopic (exact) mass is 300 g/mol. The SMILES string of the molecule is CC(CCC(=O)O)CNc1ccc(C(F)(F)F)c(C#N)c1. The first-order valence-corrected chi connectivity index (χ1v) is 6.31. The van der Waals surface area contributed by atoms with E-state index in [9.17, 15) is 18.0 Å². The Balaban J connectivity index is 2.70. The molecular formula is C14H15F3N2O2. The molecule has 0 heterocycles. The Morgan fingerprint density at radius 1 is 1.48 bits per heavy atom. The van der Waals surface area contributed by atoms with E-state index in [0.717, 1.165) is 12.1 Å². The van der Waals surface area contributed by atoms with Gasteiger partial charge in [-0.2, -0.15) is 18.4 Å². The third-order valence-electron chi connectivity index (χ3n) is 2.95. The van der Waals surface area contributed by atoms with Crippen molar-refractivity contribution in [3.05, 3.63) is 29.3 Å². The molecule has 0 aliphatic heterocycles. The number of benzene rings is 1. The quantitative estimate of drug-likeness (QED) is 0.843. The molecule has 1 rings (SSSR count). The maximum absolute atomic E-state index is 12.6. The Bertz CT molecular complexity index is 550. The van der Waals surface area contributed by atoms with Crippen molar-refractivity contribution in [1.29, 1.82) is 5.26 Å². The third kappa shape index (κ3) is 5.34. The van der Waals surface area contributed by atoms with Crippen LogP contribution in [0.5, 0.6) is 0 Å². The second-order valence-electron chi connectivity index (χ2n) is 4.79. The second-order valence-corrected chi connectivity index (χ2v) is 4.79. The zero-order valence-corrected chi connectivity index (χ0v) is 11.4. The molecule has 0 aliphatic rings. The lowest BCUT2D eigenvalue weighted by molar-refractivity contribution is -0.138. The predicted octanol–water partition coefficient (Wildman–Crippen LogP) is 3.49. The van der Waals surface area contributed by atoms with Crippen LogP contribution in [0.15, 0.2) is 18.2 Å². The minimum Gasteiger partial charge on any atom is -0.481 e. The summed E-state index contributed by atoms with van der Waals surface area (Å²) in [6.45, 7) is 2.26. The minimum atomic E-state index is -4.56. The number of nitrogens with zero attached hydrogens (tertiary/aromatic N) is 1. The van der Waals surface area contributed by atoms with Gasteiger partial charge in [-0.05, 0) is 30.5 Å². The van der Waals surface area contributed by atoms with Gasteiger partial charge in [-0.15, -0.1) is 0 Å². The highest BCUT2D eigenvalue weighted by molar-refractivity contribution is 5.66. The number of rotatable bonds is 6. The Morgan fingerprint density at radius 2 is 2.14 bits per heavy atom. The number of carboxylic acid groups (broad SMARTS) is 1. The molecule has 1 unspecified atom stereocenters. The van der Waals surface area contributed by atoms with Crippen LogP contribution in [0.25, 0.3) is 0 Å². The summed E-state index contributed by atoms with van der Waals surface area (Å²) >= 11 is 0. The lowest BCUT2D eigenvalue weighted by atomic mass is 10.0. The van der Waals surface area contributed by atoms with Gasteiger partial charge in [-0.3, -0.25) is 4.79 Å². The highest BCUT2D eigenvalue weighted by Gasteiger charge is 2.33. The van der Waals surface area contributed by atoms with E-state index in [-0.39, 0.29) is 12.3 Å². The Morgan fingerprint density at radius 3 is 2.67 bits per heavy atom. The van der Waals surface area contributed by atoms with Gasteiger partial charge in [0.25, 0.3) is 0 Å². The van der Waals surface area contributed by atoms with E-state index >= 15 is 0 Å². The lowest BCUT2D eigenvalue weighted by Gasteiger charge is -2.14. The van der Waals surface area contributed by atoms with Crippen LogP contribution < -0.4 is 5.32 Å². The molecule has 0 aromatic heterocycles. The summed E-state index contributed by atoms with van der Waals surface area (Å²) in [7, 11) is 0. The smallest absolute Gasteiger partial charge is 0.417 e. The lowest BCUT2D eigenvalue weighted by Crippen LogP contribution is -2.14. The number of nitrogens with one attached hydrogen (secondary N) is 1. The topological polar surface area (TPSA) is 73.1 Å². The summed E-state index contributed by atoms with van der Waals surface area (Å²) in [5.41, 5.74) is -0.998. The van der Waals surface area contributed by atoms with Gasteiger partial charge in [-0.25, -0.2) is 0 Å². The number of carboxylic acids is 1.